The maximum atomic E-state index is 9.53. The Hall–Kier alpha value is -1.06. The lowest BCUT2D eigenvalue weighted by Gasteiger charge is -2.14. The van der Waals surface area contributed by atoms with Crippen LogP contribution >= 0.6 is 0 Å². The topological polar surface area (TPSA) is 60.7 Å². The quantitative estimate of drug-likeness (QED) is 0.676. The van der Waals surface area contributed by atoms with E-state index in [1.807, 2.05) is 6.92 Å². The minimum atomic E-state index is -0.729. The number of aromatic hydroxyl groups is 1. The van der Waals surface area contributed by atoms with Gasteiger partial charge in [-0.1, -0.05) is 0 Å². The molecule has 0 fully saturated rings. The molecule has 78 valence electrons. The number of hydrogen-bond acceptors (Lipinski definition) is 3. The lowest BCUT2D eigenvalue weighted by atomic mass is 9.98. The molecule has 0 amide bonds. The van der Waals surface area contributed by atoms with Crippen molar-refractivity contribution in [3.8, 4) is 5.75 Å². The van der Waals surface area contributed by atoms with Crippen LogP contribution in [0.2, 0.25) is 0 Å². The highest BCUT2D eigenvalue weighted by Crippen LogP contribution is 2.30. The van der Waals surface area contributed by atoms with Gasteiger partial charge in [0, 0.05) is 5.56 Å². The third-order valence-corrected chi connectivity index (χ3v) is 2.32. The summed E-state index contributed by atoms with van der Waals surface area (Å²) in [6, 6.07) is 3.20. The molecule has 3 N–H and O–H groups in total. The van der Waals surface area contributed by atoms with Gasteiger partial charge in [-0.3, -0.25) is 0 Å². The smallest absolute Gasteiger partial charge is 0.121 e. The van der Waals surface area contributed by atoms with Gasteiger partial charge in [0.1, 0.15) is 5.75 Å². The van der Waals surface area contributed by atoms with Gasteiger partial charge < -0.3 is 15.3 Å². The van der Waals surface area contributed by atoms with Gasteiger partial charge in [-0.05, 0) is 44.0 Å². The van der Waals surface area contributed by atoms with Gasteiger partial charge in [0.15, 0.2) is 0 Å². The summed E-state index contributed by atoms with van der Waals surface area (Å²) in [5.41, 5.74) is 2.01. The minimum absolute atomic E-state index is 0.0712. The molecular weight excluding hydrogens is 180 g/mol. The first-order valence-corrected chi connectivity index (χ1v) is 4.63. The molecule has 3 nitrogen and oxygen atoms in total. The molecular formula is C11H16O3. The summed E-state index contributed by atoms with van der Waals surface area (Å²) >= 11 is 0. The van der Waals surface area contributed by atoms with Crippen LogP contribution in [0, 0.1) is 6.92 Å². The zero-order valence-corrected chi connectivity index (χ0v) is 8.65. The number of aliphatic hydroxyl groups excluding tert-OH is 2. The van der Waals surface area contributed by atoms with Gasteiger partial charge in [0.05, 0.1) is 12.2 Å². The Morgan fingerprint density at radius 3 is 1.93 bits per heavy atom. The van der Waals surface area contributed by atoms with Crippen molar-refractivity contribution in [3.63, 3.8) is 0 Å². The standard InChI is InChI=1S/C11H16O3/c1-6-4-11(14)10(8(3)13)5-9(6)7(2)12/h4-5,7-8,12-14H,1-3H3. The molecule has 3 heteroatoms. The summed E-state index contributed by atoms with van der Waals surface area (Å²) in [6.07, 6.45) is -1.32. The highest BCUT2D eigenvalue weighted by molar-refractivity contribution is 5.43. The van der Waals surface area contributed by atoms with E-state index >= 15 is 0 Å². The van der Waals surface area contributed by atoms with E-state index < -0.39 is 12.2 Å². The summed E-state index contributed by atoms with van der Waals surface area (Å²) in [6.45, 7) is 5.05. The molecule has 0 radical (unpaired) electrons. The molecule has 0 aliphatic heterocycles. The lowest BCUT2D eigenvalue weighted by Crippen LogP contribution is -1.99. The van der Waals surface area contributed by atoms with Crippen molar-refractivity contribution in [3.05, 3.63) is 28.8 Å². The SMILES string of the molecule is Cc1cc(O)c(C(C)O)cc1C(C)O. The summed E-state index contributed by atoms with van der Waals surface area (Å²) in [5.74, 6) is 0.0712. The second-order valence-electron chi connectivity index (χ2n) is 3.62. The fraction of sp³-hybridized carbons (Fsp3) is 0.455. The molecule has 0 heterocycles. The Balaban J connectivity index is 3.27. The molecule has 0 spiro atoms. The lowest BCUT2D eigenvalue weighted by molar-refractivity contribution is 0.189. The first kappa shape index (κ1) is 11.0. The van der Waals surface area contributed by atoms with Crippen LogP contribution in [0.15, 0.2) is 12.1 Å². The molecule has 1 rings (SSSR count). The first-order chi connectivity index (χ1) is 6.43. The molecule has 14 heavy (non-hydrogen) atoms. The van der Waals surface area contributed by atoms with Gasteiger partial charge >= 0.3 is 0 Å². The van der Waals surface area contributed by atoms with E-state index in [2.05, 4.69) is 0 Å². The maximum Gasteiger partial charge on any atom is 0.121 e. The summed E-state index contributed by atoms with van der Waals surface area (Å²) in [4.78, 5) is 0. The Bertz CT molecular complexity index is 300. The number of phenolic OH excluding ortho intramolecular Hbond substituents is 1. The van der Waals surface area contributed by atoms with Crippen LogP contribution in [0.5, 0.6) is 5.75 Å². The van der Waals surface area contributed by atoms with Crippen molar-refractivity contribution in [2.75, 3.05) is 0 Å². The van der Waals surface area contributed by atoms with Crippen molar-refractivity contribution in [1.29, 1.82) is 0 Å². The van der Waals surface area contributed by atoms with Crippen LogP contribution in [0.1, 0.15) is 42.7 Å². The highest BCUT2D eigenvalue weighted by Gasteiger charge is 2.13. The van der Waals surface area contributed by atoms with E-state index in [4.69, 9.17) is 0 Å². The summed E-state index contributed by atoms with van der Waals surface area (Å²) in [5, 5.41) is 28.3. The van der Waals surface area contributed by atoms with E-state index in [1.54, 1.807) is 26.0 Å². The Kier molecular flexibility index (Phi) is 3.13. The molecule has 0 aliphatic rings. The van der Waals surface area contributed by atoms with Crippen molar-refractivity contribution in [1.82, 2.24) is 0 Å². The van der Waals surface area contributed by atoms with Gasteiger partial charge in [-0.25, -0.2) is 0 Å². The zero-order valence-electron chi connectivity index (χ0n) is 8.65. The van der Waals surface area contributed by atoms with Crippen molar-refractivity contribution < 1.29 is 15.3 Å². The van der Waals surface area contributed by atoms with Crippen LogP contribution in [-0.2, 0) is 0 Å². The molecule has 0 bridgehead atoms. The number of rotatable bonds is 2. The van der Waals surface area contributed by atoms with Crippen LogP contribution in [0.25, 0.3) is 0 Å². The number of benzene rings is 1. The van der Waals surface area contributed by atoms with Gasteiger partial charge in [0.25, 0.3) is 0 Å². The van der Waals surface area contributed by atoms with E-state index in [0.29, 0.717) is 5.56 Å². The monoisotopic (exact) mass is 196 g/mol. The van der Waals surface area contributed by atoms with Crippen molar-refractivity contribution >= 4 is 0 Å². The van der Waals surface area contributed by atoms with Gasteiger partial charge in [0.2, 0.25) is 0 Å². The maximum absolute atomic E-state index is 9.53. The normalized spacial score (nSPS) is 15.2. The van der Waals surface area contributed by atoms with Gasteiger partial charge in [-0.2, -0.15) is 0 Å². The predicted molar refractivity (Wildman–Crippen MR) is 54.1 cm³/mol. The Morgan fingerprint density at radius 2 is 1.50 bits per heavy atom. The second-order valence-corrected chi connectivity index (χ2v) is 3.62. The Labute approximate surface area is 83.6 Å². The van der Waals surface area contributed by atoms with E-state index in [9.17, 15) is 15.3 Å². The third kappa shape index (κ3) is 2.05. The largest absolute Gasteiger partial charge is 0.508 e. The fourth-order valence-electron chi connectivity index (χ4n) is 1.51. The van der Waals surface area contributed by atoms with Crippen molar-refractivity contribution in [2.24, 2.45) is 0 Å². The van der Waals surface area contributed by atoms with Crippen molar-refractivity contribution in [2.45, 2.75) is 33.0 Å². The van der Waals surface area contributed by atoms with Gasteiger partial charge in [-0.15, -0.1) is 0 Å². The van der Waals surface area contributed by atoms with E-state index in [-0.39, 0.29) is 5.75 Å². The fourth-order valence-corrected chi connectivity index (χ4v) is 1.51. The highest BCUT2D eigenvalue weighted by atomic mass is 16.3. The molecule has 0 saturated carbocycles. The number of aliphatic hydroxyl groups is 2. The zero-order chi connectivity index (χ0) is 10.9. The molecule has 0 saturated heterocycles. The van der Waals surface area contributed by atoms with E-state index in [0.717, 1.165) is 11.1 Å². The van der Waals surface area contributed by atoms with Crippen LogP contribution in [-0.4, -0.2) is 15.3 Å². The van der Waals surface area contributed by atoms with E-state index in [1.165, 1.54) is 0 Å². The first-order valence-electron chi connectivity index (χ1n) is 4.63. The Morgan fingerprint density at radius 1 is 1.00 bits per heavy atom. The molecule has 1 aromatic carbocycles. The molecule has 2 unspecified atom stereocenters. The van der Waals surface area contributed by atoms with Crippen LogP contribution < -0.4 is 0 Å². The minimum Gasteiger partial charge on any atom is -0.508 e. The van der Waals surface area contributed by atoms with Crippen LogP contribution in [0.3, 0.4) is 0 Å². The summed E-state index contributed by atoms with van der Waals surface area (Å²) in [7, 11) is 0. The molecule has 0 aromatic heterocycles. The number of phenols is 1. The molecule has 2 atom stereocenters. The summed E-state index contributed by atoms with van der Waals surface area (Å²) < 4.78 is 0. The second kappa shape index (κ2) is 3.98. The average Bonchev–Trinajstić information content (AvgIpc) is 2.02. The average molecular weight is 196 g/mol. The van der Waals surface area contributed by atoms with Crippen LogP contribution in [0.4, 0.5) is 0 Å². The number of aryl methyl sites for hydroxylation is 1. The number of hydrogen-bond donors (Lipinski definition) is 3. The molecule has 1 aromatic rings. The predicted octanol–water partition coefficient (Wildman–Crippen LogP) is 1.81. The third-order valence-electron chi connectivity index (χ3n) is 2.32. The molecule has 0 aliphatic carbocycles.